The molecule has 1 atom stereocenters. The quantitative estimate of drug-likeness (QED) is 0.934. The van der Waals surface area contributed by atoms with Crippen LogP contribution < -0.4 is 15.2 Å². The van der Waals surface area contributed by atoms with E-state index in [2.05, 4.69) is 0 Å². The minimum Gasteiger partial charge on any atom is -0.493 e. The monoisotopic (exact) mass is 283 g/mol. The second-order valence-corrected chi connectivity index (χ2v) is 5.05. The first-order valence-corrected chi connectivity index (χ1v) is 6.64. The molecule has 0 radical (unpaired) electrons. The molecule has 1 aromatic carbocycles. The summed E-state index contributed by atoms with van der Waals surface area (Å²) in [5.74, 6) is 1.12. The van der Waals surface area contributed by atoms with E-state index in [0.717, 1.165) is 10.4 Å². The van der Waals surface area contributed by atoms with Gasteiger partial charge in [0.15, 0.2) is 11.5 Å². The van der Waals surface area contributed by atoms with Crippen LogP contribution in [0.1, 0.15) is 16.5 Å². The Labute approximate surface area is 115 Å². The molecular formula is C13H14ClNO2S. The van der Waals surface area contributed by atoms with E-state index in [4.69, 9.17) is 26.8 Å². The largest absolute Gasteiger partial charge is 0.493 e. The van der Waals surface area contributed by atoms with Crippen molar-refractivity contribution in [1.82, 2.24) is 0 Å². The summed E-state index contributed by atoms with van der Waals surface area (Å²) >= 11 is 7.93. The zero-order valence-corrected chi connectivity index (χ0v) is 11.7. The highest BCUT2D eigenvalue weighted by Gasteiger charge is 2.19. The fourth-order valence-electron chi connectivity index (χ4n) is 1.77. The number of rotatable bonds is 4. The van der Waals surface area contributed by atoms with Crippen molar-refractivity contribution in [1.29, 1.82) is 0 Å². The molecule has 1 aromatic heterocycles. The van der Waals surface area contributed by atoms with Crippen molar-refractivity contribution in [3.8, 4) is 11.5 Å². The Morgan fingerprint density at radius 3 is 2.56 bits per heavy atom. The predicted octanol–water partition coefficient (Wildman–Crippen LogP) is 3.47. The van der Waals surface area contributed by atoms with Crippen molar-refractivity contribution < 1.29 is 9.47 Å². The van der Waals surface area contributed by atoms with Gasteiger partial charge in [-0.3, -0.25) is 0 Å². The lowest BCUT2D eigenvalue weighted by Crippen LogP contribution is -2.11. The summed E-state index contributed by atoms with van der Waals surface area (Å²) < 4.78 is 10.5. The zero-order chi connectivity index (χ0) is 13.1. The lowest BCUT2D eigenvalue weighted by Gasteiger charge is -2.16. The summed E-state index contributed by atoms with van der Waals surface area (Å²) in [4.78, 5) is 1.06. The highest BCUT2D eigenvalue weighted by molar-refractivity contribution is 7.10. The molecular weight excluding hydrogens is 270 g/mol. The summed E-state index contributed by atoms with van der Waals surface area (Å²) in [7, 11) is 3.14. The first-order valence-electron chi connectivity index (χ1n) is 5.38. The molecule has 3 nitrogen and oxygen atoms in total. The lowest BCUT2D eigenvalue weighted by atomic mass is 10.1. The Balaban J connectivity index is 2.46. The number of nitrogens with two attached hydrogens (primary N) is 1. The summed E-state index contributed by atoms with van der Waals surface area (Å²) in [6, 6.07) is 7.38. The maximum Gasteiger partial charge on any atom is 0.179 e. The van der Waals surface area contributed by atoms with Gasteiger partial charge in [-0.15, -0.1) is 11.3 Å². The molecule has 1 heterocycles. The molecule has 0 fully saturated rings. The van der Waals surface area contributed by atoms with Gasteiger partial charge in [-0.1, -0.05) is 23.7 Å². The van der Waals surface area contributed by atoms with Gasteiger partial charge >= 0.3 is 0 Å². The van der Waals surface area contributed by atoms with Crippen LogP contribution in [0.2, 0.25) is 5.02 Å². The minimum atomic E-state index is -0.252. The first kappa shape index (κ1) is 13.2. The average molecular weight is 284 g/mol. The maximum atomic E-state index is 6.32. The number of thiophene rings is 1. The van der Waals surface area contributed by atoms with Gasteiger partial charge in [-0.05, 0) is 23.1 Å². The van der Waals surface area contributed by atoms with Crippen molar-refractivity contribution in [2.45, 2.75) is 6.04 Å². The molecule has 0 saturated heterocycles. The molecule has 0 bridgehead atoms. The Morgan fingerprint density at radius 2 is 2.00 bits per heavy atom. The summed E-state index contributed by atoms with van der Waals surface area (Å²) in [6.45, 7) is 0. The third kappa shape index (κ3) is 2.32. The van der Waals surface area contributed by atoms with Crippen LogP contribution in [0.4, 0.5) is 0 Å². The fourth-order valence-corrected chi connectivity index (χ4v) is 2.86. The van der Waals surface area contributed by atoms with Crippen molar-refractivity contribution >= 4 is 22.9 Å². The molecule has 2 N–H and O–H groups in total. The molecule has 2 aromatic rings. The van der Waals surface area contributed by atoms with Crippen molar-refractivity contribution in [3.05, 3.63) is 45.1 Å². The van der Waals surface area contributed by atoms with Crippen LogP contribution in [0.3, 0.4) is 0 Å². The van der Waals surface area contributed by atoms with E-state index in [1.54, 1.807) is 25.6 Å². The van der Waals surface area contributed by atoms with Gasteiger partial charge in [0.2, 0.25) is 0 Å². The number of hydrogen-bond donors (Lipinski definition) is 1. The standard InChI is InChI=1S/C13H14ClNO2S/c1-16-9-6-5-8(11(14)13(9)17-2)12(15)10-4-3-7-18-10/h3-7,12H,15H2,1-2H3/t12-/m1/s1. The third-order valence-corrected chi connectivity index (χ3v) is 4.04. The Morgan fingerprint density at radius 1 is 1.22 bits per heavy atom. The van der Waals surface area contributed by atoms with Crippen LogP contribution >= 0.6 is 22.9 Å². The van der Waals surface area contributed by atoms with Gasteiger partial charge in [0.05, 0.1) is 25.3 Å². The molecule has 0 saturated carbocycles. The SMILES string of the molecule is COc1ccc([C@@H](N)c2cccs2)c(Cl)c1OC. The Hall–Kier alpha value is -1.23. The van der Waals surface area contributed by atoms with Gasteiger partial charge in [0.25, 0.3) is 0 Å². The van der Waals surface area contributed by atoms with Crippen molar-refractivity contribution in [3.63, 3.8) is 0 Å². The van der Waals surface area contributed by atoms with E-state index in [1.165, 1.54) is 0 Å². The lowest BCUT2D eigenvalue weighted by molar-refractivity contribution is 0.354. The highest BCUT2D eigenvalue weighted by atomic mass is 35.5. The molecule has 0 aliphatic rings. The average Bonchev–Trinajstić information content (AvgIpc) is 2.91. The molecule has 0 spiro atoms. The van der Waals surface area contributed by atoms with Gasteiger partial charge in [-0.2, -0.15) is 0 Å². The molecule has 0 aliphatic heterocycles. The molecule has 0 unspecified atom stereocenters. The summed E-state index contributed by atoms with van der Waals surface area (Å²) in [6.07, 6.45) is 0. The molecule has 0 amide bonds. The number of methoxy groups -OCH3 is 2. The Kier molecular flexibility index (Phi) is 4.11. The Bertz CT molecular complexity index is 528. The van der Waals surface area contributed by atoms with Crippen LogP contribution in [0.15, 0.2) is 29.6 Å². The smallest absolute Gasteiger partial charge is 0.179 e. The summed E-state index contributed by atoms with van der Waals surface area (Å²) in [5, 5.41) is 2.49. The van der Waals surface area contributed by atoms with E-state index in [-0.39, 0.29) is 6.04 Å². The second-order valence-electron chi connectivity index (χ2n) is 3.70. The van der Waals surface area contributed by atoms with Crippen molar-refractivity contribution in [2.75, 3.05) is 14.2 Å². The summed E-state index contributed by atoms with van der Waals surface area (Å²) in [5.41, 5.74) is 7.04. The third-order valence-electron chi connectivity index (χ3n) is 2.70. The van der Waals surface area contributed by atoms with Crippen LogP contribution in [-0.2, 0) is 0 Å². The zero-order valence-electron chi connectivity index (χ0n) is 10.1. The predicted molar refractivity (Wildman–Crippen MR) is 74.9 cm³/mol. The minimum absolute atomic E-state index is 0.252. The van der Waals surface area contributed by atoms with Crippen LogP contribution in [-0.4, -0.2) is 14.2 Å². The maximum absolute atomic E-state index is 6.32. The molecule has 18 heavy (non-hydrogen) atoms. The highest BCUT2D eigenvalue weighted by Crippen LogP contribution is 2.40. The first-order chi connectivity index (χ1) is 8.69. The topological polar surface area (TPSA) is 44.5 Å². The van der Waals surface area contributed by atoms with Crippen molar-refractivity contribution in [2.24, 2.45) is 5.73 Å². The number of ether oxygens (including phenoxy) is 2. The van der Waals surface area contributed by atoms with Gasteiger partial charge < -0.3 is 15.2 Å². The number of halogens is 1. The number of hydrogen-bond acceptors (Lipinski definition) is 4. The normalized spacial score (nSPS) is 12.2. The van der Waals surface area contributed by atoms with Gasteiger partial charge in [-0.25, -0.2) is 0 Å². The van der Waals surface area contributed by atoms with Crippen LogP contribution in [0, 0.1) is 0 Å². The number of benzene rings is 1. The van der Waals surface area contributed by atoms with Crippen LogP contribution in [0.25, 0.3) is 0 Å². The van der Waals surface area contributed by atoms with E-state index in [1.807, 2.05) is 29.6 Å². The van der Waals surface area contributed by atoms with E-state index >= 15 is 0 Å². The molecule has 5 heteroatoms. The second kappa shape index (κ2) is 5.61. The molecule has 96 valence electrons. The van der Waals surface area contributed by atoms with E-state index < -0.39 is 0 Å². The van der Waals surface area contributed by atoms with E-state index in [9.17, 15) is 0 Å². The molecule has 0 aliphatic carbocycles. The van der Waals surface area contributed by atoms with Gasteiger partial charge in [0, 0.05) is 4.88 Å². The molecule has 2 rings (SSSR count). The van der Waals surface area contributed by atoms with Crippen LogP contribution in [0.5, 0.6) is 11.5 Å². The van der Waals surface area contributed by atoms with Gasteiger partial charge in [0.1, 0.15) is 0 Å². The van der Waals surface area contributed by atoms with E-state index in [0.29, 0.717) is 16.5 Å². The fraction of sp³-hybridized carbons (Fsp3) is 0.231.